The molecular formula is C11H24O4. The van der Waals surface area contributed by atoms with Crippen LogP contribution in [0.25, 0.3) is 0 Å². The molecule has 0 rings (SSSR count). The topological polar surface area (TPSA) is 47.9 Å². The molecule has 0 saturated heterocycles. The van der Waals surface area contributed by atoms with Gasteiger partial charge in [0.25, 0.3) is 0 Å². The molecule has 92 valence electrons. The Balaban J connectivity index is 3.11. The maximum Gasteiger partial charge on any atom is 0.0856 e. The molecule has 0 aromatic rings. The summed E-state index contributed by atoms with van der Waals surface area (Å²) in [5.41, 5.74) is -0.434. The van der Waals surface area contributed by atoms with Gasteiger partial charge in [0.15, 0.2) is 0 Å². The van der Waals surface area contributed by atoms with Gasteiger partial charge in [-0.3, -0.25) is 0 Å². The summed E-state index contributed by atoms with van der Waals surface area (Å²) < 4.78 is 15.7. The summed E-state index contributed by atoms with van der Waals surface area (Å²) in [6.45, 7) is 6.58. The molecule has 0 aromatic carbocycles. The Labute approximate surface area is 92.5 Å². The minimum atomic E-state index is -0.434. The van der Waals surface area contributed by atoms with Crippen molar-refractivity contribution in [3.63, 3.8) is 0 Å². The van der Waals surface area contributed by atoms with Crippen molar-refractivity contribution in [2.24, 2.45) is 0 Å². The molecule has 0 atom stereocenters. The van der Waals surface area contributed by atoms with E-state index in [0.29, 0.717) is 13.2 Å². The molecule has 0 spiro atoms. The van der Waals surface area contributed by atoms with E-state index in [1.807, 2.05) is 13.8 Å². The van der Waals surface area contributed by atoms with Crippen molar-refractivity contribution >= 4 is 0 Å². The van der Waals surface area contributed by atoms with Crippen LogP contribution in [-0.2, 0) is 14.2 Å². The summed E-state index contributed by atoms with van der Waals surface area (Å²) in [5.74, 6) is 0. The first kappa shape index (κ1) is 14.8. The lowest BCUT2D eigenvalue weighted by atomic mass is 10.1. The Morgan fingerprint density at radius 3 is 2.13 bits per heavy atom. The highest BCUT2D eigenvalue weighted by molar-refractivity contribution is 4.65. The molecule has 0 aliphatic heterocycles. The maximum atomic E-state index is 8.92. The molecule has 0 aromatic heterocycles. The summed E-state index contributed by atoms with van der Waals surface area (Å²) in [4.78, 5) is 0. The van der Waals surface area contributed by atoms with E-state index in [9.17, 15) is 0 Å². The average Bonchev–Trinajstić information content (AvgIpc) is 2.22. The van der Waals surface area contributed by atoms with Gasteiger partial charge in [-0.1, -0.05) is 0 Å². The van der Waals surface area contributed by atoms with E-state index in [0.717, 1.165) is 26.1 Å². The van der Waals surface area contributed by atoms with E-state index in [2.05, 4.69) is 0 Å². The number of hydrogen-bond acceptors (Lipinski definition) is 4. The largest absolute Gasteiger partial charge is 0.393 e. The van der Waals surface area contributed by atoms with Gasteiger partial charge in [-0.2, -0.15) is 0 Å². The van der Waals surface area contributed by atoms with Gasteiger partial charge in [-0.25, -0.2) is 0 Å². The van der Waals surface area contributed by atoms with Crippen LogP contribution < -0.4 is 0 Å². The van der Waals surface area contributed by atoms with Gasteiger partial charge in [-0.15, -0.1) is 0 Å². The first-order chi connectivity index (χ1) is 7.12. The highest BCUT2D eigenvalue weighted by atomic mass is 16.5. The van der Waals surface area contributed by atoms with Crippen LogP contribution in [0.2, 0.25) is 0 Å². The number of aliphatic hydroxyl groups is 1. The first-order valence-electron chi connectivity index (χ1n) is 5.44. The minimum Gasteiger partial charge on any atom is -0.393 e. The number of aliphatic hydroxyl groups excluding tert-OH is 1. The molecule has 0 amide bonds. The van der Waals surface area contributed by atoms with Gasteiger partial charge in [-0.05, 0) is 26.7 Å². The van der Waals surface area contributed by atoms with Gasteiger partial charge < -0.3 is 19.3 Å². The Morgan fingerprint density at radius 1 is 1.00 bits per heavy atom. The standard InChI is InChI=1S/C11H24O4/c1-11(2,10-12)15-9-5-8-14-7-4-6-13-3/h12H,4-10H2,1-3H3. The van der Waals surface area contributed by atoms with Gasteiger partial charge in [0.05, 0.1) is 12.2 Å². The van der Waals surface area contributed by atoms with Crippen LogP contribution in [0.5, 0.6) is 0 Å². The SMILES string of the molecule is COCCCOCCCOC(C)(C)CO. The zero-order valence-corrected chi connectivity index (χ0v) is 10.1. The first-order valence-corrected chi connectivity index (χ1v) is 5.44. The van der Waals surface area contributed by atoms with Crippen molar-refractivity contribution in [1.82, 2.24) is 0 Å². The molecular weight excluding hydrogens is 196 g/mol. The molecule has 0 heterocycles. The monoisotopic (exact) mass is 220 g/mol. The average molecular weight is 220 g/mol. The fraction of sp³-hybridized carbons (Fsp3) is 1.00. The van der Waals surface area contributed by atoms with E-state index >= 15 is 0 Å². The Bertz CT molecular complexity index is 137. The van der Waals surface area contributed by atoms with Crippen molar-refractivity contribution < 1.29 is 19.3 Å². The Kier molecular flexibility index (Phi) is 9.00. The van der Waals surface area contributed by atoms with E-state index < -0.39 is 5.60 Å². The van der Waals surface area contributed by atoms with Gasteiger partial charge in [0.2, 0.25) is 0 Å². The second-order valence-corrected chi connectivity index (χ2v) is 4.08. The number of rotatable bonds is 10. The van der Waals surface area contributed by atoms with Crippen LogP contribution in [0.1, 0.15) is 26.7 Å². The molecule has 0 radical (unpaired) electrons. The molecule has 4 heteroatoms. The third-order valence-electron chi connectivity index (χ3n) is 1.94. The quantitative estimate of drug-likeness (QED) is 0.562. The molecule has 0 aliphatic rings. The van der Waals surface area contributed by atoms with Crippen LogP contribution in [0.4, 0.5) is 0 Å². The highest BCUT2D eigenvalue weighted by Gasteiger charge is 2.15. The molecule has 15 heavy (non-hydrogen) atoms. The predicted molar refractivity (Wildman–Crippen MR) is 59.0 cm³/mol. The van der Waals surface area contributed by atoms with Crippen LogP contribution in [0.3, 0.4) is 0 Å². The van der Waals surface area contributed by atoms with Gasteiger partial charge in [0.1, 0.15) is 0 Å². The van der Waals surface area contributed by atoms with Crippen LogP contribution >= 0.6 is 0 Å². The molecule has 1 N–H and O–H groups in total. The smallest absolute Gasteiger partial charge is 0.0856 e. The minimum absolute atomic E-state index is 0.0433. The molecule has 0 fully saturated rings. The van der Waals surface area contributed by atoms with Crippen molar-refractivity contribution in [3.8, 4) is 0 Å². The fourth-order valence-electron chi connectivity index (χ4n) is 0.962. The van der Waals surface area contributed by atoms with Crippen molar-refractivity contribution in [1.29, 1.82) is 0 Å². The Hall–Kier alpha value is -0.160. The van der Waals surface area contributed by atoms with E-state index in [1.54, 1.807) is 7.11 Å². The molecule has 4 nitrogen and oxygen atoms in total. The van der Waals surface area contributed by atoms with Gasteiger partial charge >= 0.3 is 0 Å². The highest BCUT2D eigenvalue weighted by Crippen LogP contribution is 2.07. The zero-order valence-electron chi connectivity index (χ0n) is 10.1. The van der Waals surface area contributed by atoms with E-state index in [4.69, 9.17) is 19.3 Å². The Morgan fingerprint density at radius 2 is 1.60 bits per heavy atom. The maximum absolute atomic E-state index is 8.92. The van der Waals surface area contributed by atoms with E-state index in [1.165, 1.54) is 0 Å². The van der Waals surface area contributed by atoms with Crippen molar-refractivity contribution in [2.75, 3.05) is 40.1 Å². The lowest BCUT2D eigenvalue weighted by Gasteiger charge is -2.22. The third kappa shape index (κ3) is 10.1. The summed E-state index contributed by atoms with van der Waals surface area (Å²) in [6, 6.07) is 0. The van der Waals surface area contributed by atoms with Gasteiger partial charge in [0, 0.05) is 33.5 Å². The summed E-state index contributed by atoms with van der Waals surface area (Å²) in [6.07, 6.45) is 1.79. The number of hydrogen-bond donors (Lipinski definition) is 1. The lowest BCUT2D eigenvalue weighted by Crippen LogP contribution is -2.29. The second-order valence-electron chi connectivity index (χ2n) is 4.08. The number of methoxy groups -OCH3 is 1. The summed E-state index contributed by atoms with van der Waals surface area (Å²) in [5, 5.41) is 8.92. The predicted octanol–water partition coefficient (Wildman–Crippen LogP) is 1.22. The lowest BCUT2D eigenvalue weighted by molar-refractivity contribution is -0.0595. The summed E-state index contributed by atoms with van der Waals surface area (Å²) in [7, 11) is 1.69. The second kappa shape index (κ2) is 9.09. The molecule has 0 bridgehead atoms. The molecule has 0 unspecified atom stereocenters. The van der Waals surface area contributed by atoms with Crippen LogP contribution in [0, 0.1) is 0 Å². The fourth-order valence-corrected chi connectivity index (χ4v) is 0.962. The molecule has 0 saturated carbocycles. The third-order valence-corrected chi connectivity index (χ3v) is 1.94. The number of ether oxygens (including phenoxy) is 3. The van der Waals surface area contributed by atoms with Crippen LogP contribution in [0.15, 0.2) is 0 Å². The van der Waals surface area contributed by atoms with Crippen molar-refractivity contribution in [3.05, 3.63) is 0 Å². The summed E-state index contributed by atoms with van der Waals surface area (Å²) >= 11 is 0. The zero-order chi connectivity index (χ0) is 11.6. The normalized spacial score (nSPS) is 12.0. The molecule has 0 aliphatic carbocycles. The van der Waals surface area contributed by atoms with Crippen LogP contribution in [-0.4, -0.2) is 50.9 Å². The van der Waals surface area contributed by atoms with Crippen molar-refractivity contribution in [2.45, 2.75) is 32.3 Å². The van der Waals surface area contributed by atoms with E-state index in [-0.39, 0.29) is 6.61 Å².